The second-order valence-electron chi connectivity index (χ2n) is 5.08. The van der Waals surface area contributed by atoms with E-state index in [0.29, 0.717) is 5.56 Å². The Morgan fingerprint density at radius 1 is 1.18 bits per heavy atom. The maximum absolute atomic E-state index is 10.9. The monoisotopic (exact) mass is 318 g/mol. The lowest BCUT2D eigenvalue weighted by molar-refractivity contribution is 0.0697. The fraction of sp³-hybridized carbons (Fsp3) is 0.412. The van der Waals surface area contributed by atoms with Gasteiger partial charge in [0, 0.05) is 11.4 Å². The number of carboxylic acid groups (broad SMARTS) is 1. The molecule has 2 aromatic rings. The summed E-state index contributed by atoms with van der Waals surface area (Å²) in [6.45, 7) is 7.37. The van der Waals surface area contributed by atoms with Crippen molar-refractivity contribution in [3.05, 3.63) is 41.2 Å². The van der Waals surface area contributed by atoms with Gasteiger partial charge in [0.25, 0.3) is 0 Å². The highest BCUT2D eigenvalue weighted by Gasteiger charge is 2.16. The first-order valence-electron chi connectivity index (χ1n) is 7.70. The Kier molecular flexibility index (Phi) is 5.66. The molecular formula is C17H22N2O2S. The number of aryl methyl sites for hydroxylation is 2. The van der Waals surface area contributed by atoms with E-state index in [1.807, 2.05) is 12.1 Å². The summed E-state index contributed by atoms with van der Waals surface area (Å²) in [7, 11) is 0. The molecule has 1 N–H and O–H groups in total. The summed E-state index contributed by atoms with van der Waals surface area (Å²) in [6, 6.07) is 7.03. The Morgan fingerprint density at radius 3 is 2.36 bits per heavy atom. The number of carboxylic acids is 1. The quantitative estimate of drug-likeness (QED) is 0.828. The van der Waals surface area contributed by atoms with E-state index in [4.69, 9.17) is 10.2 Å². The highest BCUT2D eigenvalue weighted by molar-refractivity contribution is 7.99. The highest BCUT2D eigenvalue weighted by Crippen LogP contribution is 2.34. The maximum Gasteiger partial charge on any atom is 0.335 e. The minimum absolute atomic E-state index is 0.317. The molecule has 1 heterocycles. The number of carbonyl (C=O) groups is 1. The first-order chi connectivity index (χ1) is 10.6. The van der Waals surface area contributed by atoms with Gasteiger partial charge in [0.15, 0.2) is 0 Å². The van der Waals surface area contributed by atoms with Crippen LogP contribution in [0, 0.1) is 0 Å². The molecule has 0 atom stereocenters. The summed E-state index contributed by atoms with van der Waals surface area (Å²) in [5.41, 5.74) is 2.71. The summed E-state index contributed by atoms with van der Waals surface area (Å²) in [5.74, 6) is -0.893. The van der Waals surface area contributed by atoms with Gasteiger partial charge < -0.3 is 5.11 Å². The van der Waals surface area contributed by atoms with Crippen LogP contribution < -0.4 is 0 Å². The zero-order valence-corrected chi connectivity index (χ0v) is 14.1. The third-order valence-corrected chi connectivity index (χ3v) is 4.69. The predicted molar refractivity (Wildman–Crippen MR) is 88.8 cm³/mol. The normalized spacial score (nSPS) is 10.9. The van der Waals surface area contributed by atoms with Crippen molar-refractivity contribution in [2.24, 2.45) is 0 Å². The van der Waals surface area contributed by atoms with E-state index < -0.39 is 5.97 Å². The molecule has 0 saturated heterocycles. The molecule has 1 aromatic carbocycles. The van der Waals surface area contributed by atoms with Crippen molar-refractivity contribution in [2.75, 3.05) is 0 Å². The minimum atomic E-state index is -0.893. The van der Waals surface area contributed by atoms with Gasteiger partial charge in [0.05, 0.1) is 21.8 Å². The van der Waals surface area contributed by atoms with Crippen LogP contribution in [0.5, 0.6) is 0 Å². The fourth-order valence-electron chi connectivity index (χ4n) is 2.41. The Bertz CT molecular complexity index is 647. The Balaban J connectivity index is 2.33. The van der Waals surface area contributed by atoms with Crippen molar-refractivity contribution >= 4 is 17.7 Å². The summed E-state index contributed by atoms with van der Waals surface area (Å²) >= 11 is 1.68. The minimum Gasteiger partial charge on any atom is -0.478 e. The van der Waals surface area contributed by atoms with Gasteiger partial charge in [-0.1, -0.05) is 32.5 Å². The van der Waals surface area contributed by atoms with Gasteiger partial charge in [0.1, 0.15) is 0 Å². The topological polar surface area (TPSA) is 55.1 Å². The molecule has 0 bridgehead atoms. The number of benzene rings is 1. The van der Waals surface area contributed by atoms with Crippen LogP contribution in [0.2, 0.25) is 0 Å². The largest absolute Gasteiger partial charge is 0.478 e. The van der Waals surface area contributed by atoms with Crippen LogP contribution in [-0.2, 0) is 19.4 Å². The van der Waals surface area contributed by atoms with Crippen molar-refractivity contribution in [1.82, 2.24) is 9.78 Å². The van der Waals surface area contributed by atoms with Crippen LogP contribution in [0.3, 0.4) is 0 Å². The first kappa shape index (κ1) is 16.6. The molecule has 5 heteroatoms. The van der Waals surface area contributed by atoms with E-state index in [-0.39, 0.29) is 0 Å². The zero-order valence-electron chi connectivity index (χ0n) is 13.3. The molecule has 0 fully saturated rings. The molecule has 0 aliphatic rings. The Hall–Kier alpha value is -1.75. The molecule has 0 amide bonds. The number of hydrogen-bond donors (Lipinski definition) is 1. The molecule has 118 valence electrons. The lowest BCUT2D eigenvalue weighted by atomic mass is 10.2. The highest BCUT2D eigenvalue weighted by atomic mass is 32.2. The molecule has 0 aliphatic carbocycles. The molecule has 0 aliphatic heterocycles. The van der Waals surface area contributed by atoms with E-state index in [1.54, 1.807) is 23.9 Å². The standard InChI is InChI=1S/C17H22N2O2S/c1-4-11-19-15(6-3)16(14(5-2)18-19)22-13-9-7-12(8-10-13)17(20)21/h7-10H,4-6,11H2,1-3H3,(H,20,21). The van der Waals surface area contributed by atoms with Gasteiger partial charge in [0.2, 0.25) is 0 Å². The summed E-state index contributed by atoms with van der Waals surface area (Å²) in [5, 5.41) is 13.7. The molecule has 4 nitrogen and oxygen atoms in total. The van der Waals surface area contributed by atoms with Crippen LogP contribution in [0.25, 0.3) is 0 Å². The Morgan fingerprint density at radius 2 is 1.86 bits per heavy atom. The number of nitrogens with zero attached hydrogens (tertiary/aromatic N) is 2. The molecule has 0 unspecified atom stereocenters. The van der Waals surface area contributed by atoms with Crippen molar-refractivity contribution in [1.29, 1.82) is 0 Å². The lowest BCUT2D eigenvalue weighted by Gasteiger charge is -2.07. The van der Waals surface area contributed by atoms with E-state index in [9.17, 15) is 4.79 Å². The van der Waals surface area contributed by atoms with Crippen molar-refractivity contribution in [3.8, 4) is 0 Å². The summed E-state index contributed by atoms with van der Waals surface area (Å²) < 4.78 is 2.12. The maximum atomic E-state index is 10.9. The average Bonchev–Trinajstić information content (AvgIpc) is 2.85. The van der Waals surface area contributed by atoms with Crippen LogP contribution in [0.1, 0.15) is 48.9 Å². The molecular weight excluding hydrogens is 296 g/mol. The van der Waals surface area contributed by atoms with Gasteiger partial charge in [-0.05, 0) is 43.5 Å². The van der Waals surface area contributed by atoms with E-state index in [0.717, 1.165) is 36.4 Å². The van der Waals surface area contributed by atoms with Crippen molar-refractivity contribution < 1.29 is 9.90 Å². The second kappa shape index (κ2) is 7.49. The zero-order chi connectivity index (χ0) is 16.1. The molecule has 22 heavy (non-hydrogen) atoms. The van der Waals surface area contributed by atoms with Gasteiger partial charge in [-0.15, -0.1) is 0 Å². The van der Waals surface area contributed by atoms with Gasteiger partial charge >= 0.3 is 5.97 Å². The van der Waals surface area contributed by atoms with Gasteiger partial charge in [-0.3, -0.25) is 4.68 Å². The lowest BCUT2D eigenvalue weighted by Crippen LogP contribution is -2.04. The van der Waals surface area contributed by atoms with Gasteiger partial charge in [-0.25, -0.2) is 4.79 Å². The number of aromatic carboxylic acids is 1. The second-order valence-corrected chi connectivity index (χ2v) is 6.17. The Labute approximate surface area is 135 Å². The van der Waals surface area contributed by atoms with Crippen LogP contribution in [-0.4, -0.2) is 20.9 Å². The average molecular weight is 318 g/mol. The fourth-order valence-corrected chi connectivity index (χ4v) is 3.59. The first-order valence-corrected chi connectivity index (χ1v) is 8.52. The van der Waals surface area contributed by atoms with Crippen LogP contribution >= 0.6 is 11.8 Å². The summed E-state index contributed by atoms with van der Waals surface area (Å²) in [4.78, 5) is 13.2. The number of rotatable bonds is 7. The van der Waals surface area contributed by atoms with E-state index >= 15 is 0 Å². The van der Waals surface area contributed by atoms with Crippen molar-refractivity contribution in [3.63, 3.8) is 0 Å². The van der Waals surface area contributed by atoms with Crippen LogP contribution in [0.4, 0.5) is 0 Å². The van der Waals surface area contributed by atoms with E-state index in [1.165, 1.54) is 10.6 Å². The molecule has 0 saturated carbocycles. The number of aromatic nitrogens is 2. The SMILES string of the molecule is CCCn1nc(CC)c(Sc2ccc(C(=O)O)cc2)c1CC. The van der Waals surface area contributed by atoms with Gasteiger partial charge in [-0.2, -0.15) is 5.10 Å². The smallest absolute Gasteiger partial charge is 0.335 e. The predicted octanol–water partition coefficient (Wildman–Crippen LogP) is 4.27. The molecule has 2 rings (SSSR count). The van der Waals surface area contributed by atoms with Crippen LogP contribution in [0.15, 0.2) is 34.1 Å². The van der Waals surface area contributed by atoms with E-state index in [2.05, 4.69) is 25.5 Å². The van der Waals surface area contributed by atoms with Crippen molar-refractivity contribution in [2.45, 2.75) is 56.4 Å². The summed E-state index contributed by atoms with van der Waals surface area (Å²) in [6.07, 6.45) is 2.91. The third kappa shape index (κ3) is 3.53. The molecule has 0 radical (unpaired) electrons. The molecule has 0 spiro atoms. The number of hydrogen-bond acceptors (Lipinski definition) is 3. The molecule has 1 aromatic heterocycles. The third-order valence-electron chi connectivity index (χ3n) is 3.50.